The average Bonchev–Trinajstić information content (AvgIpc) is 3.29. The van der Waals surface area contributed by atoms with Gasteiger partial charge in [-0.15, -0.1) is 0 Å². The van der Waals surface area contributed by atoms with Gasteiger partial charge in [0, 0.05) is 70.9 Å². The Hall–Kier alpha value is -3.09. The molecule has 262 valence electrons. The van der Waals surface area contributed by atoms with Gasteiger partial charge >= 0.3 is 11.9 Å². The Morgan fingerprint density at radius 1 is 0.878 bits per heavy atom. The van der Waals surface area contributed by atoms with Crippen LogP contribution in [0.15, 0.2) is 69.7 Å². The molecule has 4 aliphatic rings. The molecule has 4 aliphatic heterocycles. The summed E-state index contributed by atoms with van der Waals surface area (Å²) in [5.74, 6) is -4.17. The molecule has 0 saturated carbocycles. The van der Waals surface area contributed by atoms with Gasteiger partial charge in [-0.2, -0.15) is 0 Å². The quantitative estimate of drug-likeness (QED) is 0.342. The summed E-state index contributed by atoms with van der Waals surface area (Å²) in [4.78, 5) is 53.5. The zero-order chi connectivity index (χ0) is 34.8. The number of hydrogen-bond acceptors (Lipinski definition) is 9. The van der Waals surface area contributed by atoms with Gasteiger partial charge in [-0.3, -0.25) is 23.7 Å². The zero-order valence-electron chi connectivity index (χ0n) is 28.0. The minimum absolute atomic E-state index is 0.00547. The van der Waals surface area contributed by atoms with Crippen LogP contribution in [-0.2, 0) is 34.7 Å². The molecule has 5 unspecified atom stereocenters. The zero-order valence-corrected chi connectivity index (χ0v) is 30.3. The molecule has 2 aromatic rings. The third-order valence-electron chi connectivity index (χ3n) is 10.6. The summed E-state index contributed by atoms with van der Waals surface area (Å²) >= 11 is 13.5. The number of carbonyl (C=O) groups excluding carboxylic acids is 3. The average molecular weight is 730 g/mol. The lowest BCUT2D eigenvalue weighted by atomic mass is 9.74. The number of carbonyl (C=O) groups is 3. The Bertz CT molecular complexity index is 1640. The summed E-state index contributed by atoms with van der Waals surface area (Å²) in [7, 11) is 3.07. The number of nitrogens with zero attached hydrogens (tertiary/aromatic N) is 4. The van der Waals surface area contributed by atoms with Crippen LogP contribution in [0.2, 0.25) is 10.0 Å². The largest absolute Gasteiger partial charge is 0.468 e. The normalized spacial score (nSPS) is 26.7. The minimum Gasteiger partial charge on any atom is -0.468 e. The summed E-state index contributed by atoms with van der Waals surface area (Å²) in [6.07, 6.45) is 4.63. The number of halogens is 2. The first kappa shape index (κ1) is 35.7. The van der Waals surface area contributed by atoms with Crippen LogP contribution < -0.4 is 0 Å². The predicted octanol–water partition coefficient (Wildman–Crippen LogP) is 4.72. The summed E-state index contributed by atoms with van der Waals surface area (Å²) in [5, 5.41) is 0.421. The lowest BCUT2D eigenvalue weighted by molar-refractivity contribution is -0.143. The fourth-order valence-corrected chi connectivity index (χ4v) is 9.77. The van der Waals surface area contributed by atoms with Gasteiger partial charge in [0.25, 0.3) is 0 Å². The molecular weight excluding hydrogens is 687 g/mol. The fraction of sp³-hybridized carbons (Fsp3) is 0.500. The number of piperazine rings is 1. The van der Waals surface area contributed by atoms with Gasteiger partial charge in [0.05, 0.1) is 48.5 Å². The van der Waals surface area contributed by atoms with E-state index < -0.39 is 34.6 Å². The molecule has 0 aromatic heterocycles. The van der Waals surface area contributed by atoms with Crippen LogP contribution in [-0.4, -0.2) is 114 Å². The van der Waals surface area contributed by atoms with Gasteiger partial charge in [-0.05, 0) is 62.6 Å². The molecule has 2 aromatic carbocycles. The molecule has 10 nitrogen and oxygen atoms in total. The maximum Gasteiger partial charge on any atom is 0.336 e. The van der Waals surface area contributed by atoms with Crippen molar-refractivity contribution in [2.75, 3.05) is 53.2 Å². The number of ether oxygens (including phenoxy) is 2. The lowest BCUT2D eigenvalue weighted by Crippen LogP contribution is -2.56. The molecule has 0 aliphatic carbocycles. The first-order valence-corrected chi connectivity index (χ1v) is 18.8. The molecule has 0 N–H and O–H groups in total. The van der Waals surface area contributed by atoms with Crippen LogP contribution in [0.25, 0.3) is 0 Å². The van der Waals surface area contributed by atoms with E-state index in [1.165, 1.54) is 27.1 Å². The third kappa shape index (κ3) is 7.37. The van der Waals surface area contributed by atoms with Crippen molar-refractivity contribution in [2.24, 2.45) is 10.9 Å². The molecule has 3 fully saturated rings. The number of fused-ring (bicyclic) bond motifs is 2. The Kier molecular flexibility index (Phi) is 11.3. The topological polar surface area (TPSA) is 109 Å². The number of piperidine rings is 1. The molecule has 49 heavy (non-hydrogen) atoms. The van der Waals surface area contributed by atoms with Crippen LogP contribution in [0, 0.1) is 5.92 Å². The van der Waals surface area contributed by atoms with Gasteiger partial charge in [0.2, 0.25) is 5.91 Å². The molecule has 0 radical (unpaired) electrons. The van der Waals surface area contributed by atoms with Gasteiger partial charge in [0.15, 0.2) is 0 Å². The van der Waals surface area contributed by atoms with Crippen molar-refractivity contribution in [3.8, 4) is 0 Å². The third-order valence-corrected chi connectivity index (χ3v) is 12.6. The number of rotatable bonds is 9. The molecule has 1 amide bonds. The van der Waals surface area contributed by atoms with Crippen molar-refractivity contribution >= 4 is 57.6 Å². The Balaban J connectivity index is 1.32. The second kappa shape index (κ2) is 15.4. The maximum absolute atomic E-state index is 14.0. The van der Waals surface area contributed by atoms with Crippen LogP contribution in [0.5, 0.6) is 0 Å². The van der Waals surface area contributed by atoms with Gasteiger partial charge in [-0.25, -0.2) is 4.79 Å². The highest BCUT2D eigenvalue weighted by Crippen LogP contribution is 2.46. The predicted molar refractivity (Wildman–Crippen MR) is 189 cm³/mol. The first-order chi connectivity index (χ1) is 23.6. The maximum atomic E-state index is 14.0. The molecule has 5 atom stereocenters. The minimum atomic E-state index is -1.63. The number of esters is 2. The number of aliphatic imine (C=N–C) groups is 1. The molecule has 4 heterocycles. The summed E-state index contributed by atoms with van der Waals surface area (Å²) < 4.78 is 24.1. The number of hydrogen-bond donors (Lipinski definition) is 0. The van der Waals surface area contributed by atoms with Crippen molar-refractivity contribution in [3.05, 3.63) is 75.4 Å². The Morgan fingerprint density at radius 2 is 1.51 bits per heavy atom. The van der Waals surface area contributed by atoms with Gasteiger partial charge in [0.1, 0.15) is 5.92 Å². The highest BCUT2D eigenvalue weighted by molar-refractivity contribution is 7.85. The highest BCUT2D eigenvalue weighted by Gasteiger charge is 2.47. The van der Waals surface area contributed by atoms with E-state index in [9.17, 15) is 18.6 Å². The Labute approximate surface area is 299 Å². The molecule has 6 rings (SSSR count). The summed E-state index contributed by atoms with van der Waals surface area (Å²) in [6.45, 7) is 2.67. The molecule has 2 bridgehead atoms. The lowest BCUT2D eigenvalue weighted by Gasteiger charge is -2.45. The van der Waals surface area contributed by atoms with Crippen molar-refractivity contribution in [3.63, 3.8) is 0 Å². The number of methoxy groups -OCH3 is 2. The van der Waals surface area contributed by atoms with E-state index in [-0.39, 0.29) is 45.1 Å². The van der Waals surface area contributed by atoms with E-state index in [2.05, 4.69) is 16.8 Å². The SMILES string of the molecule is COC(=O)C1=C(CS(=O)c2ccccc2)N=C(CC(=O)N2CCN(C3CC4CCC(C3)N4C)CC2)C(C(=O)OC)C1c1c(Cl)cccc1Cl. The van der Waals surface area contributed by atoms with Crippen molar-refractivity contribution in [1.82, 2.24) is 14.7 Å². The van der Waals surface area contributed by atoms with Crippen LogP contribution >= 0.6 is 23.2 Å². The molecule has 13 heteroatoms. The molecule has 3 saturated heterocycles. The van der Waals surface area contributed by atoms with E-state index >= 15 is 0 Å². The van der Waals surface area contributed by atoms with Crippen molar-refractivity contribution in [2.45, 2.75) is 61.0 Å². The van der Waals surface area contributed by atoms with E-state index in [1.807, 2.05) is 11.0 Å². The second-order valence-corrected chi connectivity index (χ2v) is 15.4. The van der Waals surface area contributed by atoms with Crippen LogP contribution in [0.4, 0.5) is 0 Å². The van der Waals surface area contributed by atoms with Crippen molar-refractivity contribution in [1.29, 1.82) is 0 Å². The highest BCUT2D eigenvalue weighted by atomic mass is 35.5. The smallest absolute Gasteiger partial charge is 0.336 e. The number of amides is 1. The van der Waals surface area contributed by atoms with E-state index in [0.717, 1.165) is 25.9 Å². The standard InChI is InChI=1S/C36H42Cl2N4O6S/c1-40-22-12-13-23(40)19-24(18-22)41-14-16-42(17-15-41)30(43)20-28-32(35(44)47-2)34(31-26(37)10-7-11-27(31)38)33(36(45)48-3)29(39-28)21-49(46)25-8-5-4-6-9-25/h4-11,22-24,32,34H,12-21H2,1-3H3. The Morgan fingerprint density at radius 3 is 2.10 bits per heavy atom. The first-order valence-electron chi connectivity index (χ1n) is 16.7. The van der Waals surface area contributed by atoms with Crippen LogP contribution in [0.3, 0.4) is 0 Å². The van der Waals surface area contributed by atoms with Crippen molar-refractivity contribution < 1.29 is 28.1 Å². The summed E-state index contributed by atoms with van der Waals surface area (Å²) in [6, 6.07) is 15.5. The molecular formula is C36H42Cl2N4O6S. The van der Waals surface area contributed by atoms with Gasteiger partial charge in [-0.1, -0.05) is 47.5 Å². The van der Waals surface area contributed by atoms with Gasteiger partial charge < -0.3 is 19.3 Å². The second-order valence-electron chi connectivity index (χ2n) is 13.1. The monoisotopic (exact) mass is 728 g/mol. The number of benzene rings is 2. The molecule has 0 spiro atoms. The van der Waals surface area contributed by atoms with Crippen LogP contribution in [0.1, 0.15) is 43.6 Å². The van der Waals surface area contributed by atoms with E-state index in [4.69, 9.17) is 37.7 Å². The summed E-state index contributed by atoms with van der Waals surface area (Å²) in [5.41, 5.74) is 0.624. The fourth-order valence-electron chi connectivity index (χ4n) is 8.04. The van der Waals surface area contributed by atoms with E-state index in [1.54, 1.807) is 42.5 Å². The van der Waals surface area contributed by atoms with E-state index in [0.29, 0.717) is 41.7 Å².